The lowest BCUT2D eigenvalue weighted by molar-refractivity contribution is -0.120. The highest BCUT2D eigenvalue weighted by Crippen LogP contribution is 2.59. The molecule has 1 N–H and O–H groups in total. The number of likely N-dealkylation sites (N-methyl/N-ethyl adjacent to an activating group) is 1. The van der Waals surface area contributed by atoms with Crippen LogP contribution in [0, 0.1) is 11.3 Å². The van der Waals surface area contributed by atoms with Gasteiger partial charge in [-0.15, -0.1) is 0 Å². The number of para-hydroxylation sites is 2. The molecule has 4 heteroatoms. The zero-order chi connectivity index (χ0) is 15.2. The molecule has 118 valence electrons. The van der Waals surface area contributed by atoms with Gasteiger partial charge in [-0.1, -0.05) is 12.1 Å². The predicted molar refractivity (Wildman–Crippen MR) is 89.3 cm³/mol. The van der Waals surface area contributed by atoms with Crippen molar-refractivity contribution in [1.29, 1.82) is 0 Å². The first-order valence-electron chi connectivity index (χ1n) is 8.61. The summed E-state index contributed by atoms with van der Waals surface area (Å²) in [5.74, 6) is 0.626. The maximum atomic E-state index is 13.1. The van der Waals surface area contributed by atoms with Crippen molar-refractivity contribution < 1.29 is 4.79 Å². The third-order valence-corrected chi connectivity index (χ3v) is 5.84. The first-order chi connectivity index (χ1) is 10.7. The minimum absolute atomic E-state index is 0.260. The van der Waals surface area contributed by atoms with Gasteiger partial charge in [-0.2, -0.15) is 0 Å². The minimum atomic E-state index is 0.260. The van der Waals surface area contributed by atoms with E-state index < -0.39 is 0 Å². The number of piperidine rings is 1. The van der Waals surface area contributed by atoms with Gasteiger partial charge in [0, 0.05) is 25.6 Å². The van der Waals surface area contributed by atoms with Crippen LogP contribution < -0.4 is 15.1 Å². The molecule has 1 aliphatic carbocycles. The molecule has 4 rings (SSSR count). The number of fused-ring (bicyclic) bond motifs is 1. The minimum Gasteiger partial charge on any atom is -0.368 e. The number of nitrogens with zero attached hydrogens (tertiary/aromatic N) is 2. The fourth-order valence-corrected chi connectivity index (χ4v) is 4.34. The van der Waals surface area contributed by atoms with Crippen LogP contribution in [0.5, 0.6) is 0 Å². The van der Waals surface area contributed by atoms with Crippen LogP contribution in [-0.2, 0) is 4.79 Å². The van der Waals surface area contributed by atoms with E-state index in [0.29, 0.717) is 11.3 Å². The molecule has 1 aromatic carbocycles. The third-order valence-electron chi connectivity index (χ3n) is 5.84. The van der Waals surface area contributed by atoms with Crippen molar-refractivity contribution in [1.82, 2.24) is 5.32 Å². The second-order valence-corrected chi connectivity index (χ2v) is 6.93. The number of hydrogen-bond donors (Lipinski definition) is 1. The average molecular weight is 299 g/mol. The Morgan fingerprint density at radius 2 is 1.95 bits per heavy atom. The van der Waals surface area contributed by atoms with E-state index in [1.165, 1.54) is 18.5 Å². The van der Waals surface area contributed by atoms with Gasteiger partial charge in [0.15, 0.2) is 0 Å². The summed E-state index contributed by atoms with van der Waals surface area (Å²) in [6.07, 6.45) is 3.43. The van der Waals surface area contributed by atoms with Gasteiger partial charge < -0.3 is 15.1 Å². The maximum absolute atomic E-state index is 13.1. The van der Waals surface area contributed by atoms with Crippen LogP contribution in [0.1, 0.15) is 26.2 Å². The van der Waals surface area contributed by atoms with Gasteiger partial charge in [-0.05, 0) is 56.8 Å². The molecular weight excluding hydrogens is 274 g/mol. The number of rotatable bonds is 2. The summed E-state index contributed by atoms with van der Waals surface area (Å²) in [6, 6.07) is 8.37. The van der Waals surface area contributed by atoms with Gasteiger partial charge >= 0.3 is 0 Å². The lowest BCUT2D eigenvalue weighted by atomic mass is 9.91. The normalized spacial score (nSPS) is 26.0. The molecular formula is C18H25N3O. The molecule has 1 amide bonds. The van der Waals surface area contributed by atoms with Gasteiger partial charge in [0.1, 0.15) is 0 Å². The van der Waals surface area contributed by atoms with Crippen LogP contribution in [0.4, 0.5) is 11.4 Å². The Labute approximate surface area is 132 Å². The second-order valence-electron chi connectivity index (χ2n) is 6.93. The number of benzene rings is 1. The molecule has 1 spiro atoms. The summed E-state index contributed by atoms with van der Waals surface area (Å²) in [5, 5.41) is 3.42. The summed E-state index contributed by atoms with van der Waals surface area (Å²) in [5.41, 5.74) is 2.64. The third kappa shape index (κ3) is 2.12. The molecule has 0 bridgehead atoms. The number of nitrogens with one attached hydrogen (secondary N) is 1. The standard InChI is InChI=1S/C18H25N3O/c1-2-20-11-12-21(16-6-4-3-5-15(16)20)17(22)14-13-18(14)7-9-19-10-8-18/h3-6,14,19H,2,7-13H2,1H3. The van der Waals surface area contributed by atoms with Crippen LogP contribution in [0.25, 0.3) is 0 Å². The fourth-order valence-electron chi connectivity index (χ4n) is 4.34. The number of carbonyl (C=O) groups is 1. The van der Waals surface area contributed by atoms with Crippen LogP contribution in [0.15, 0.2) is 24.3 Å². The highest BCUT2D eigenvalue weighted by atomic mass is 16.2. The smallest absolute Gasteiger partial charge is 0.230 e. The summed E-state index contributed by atoms with van der Waals surface area (Å²) in [6.45, 7) is 7.10. The van der Waals surface area contributed by atoms with Crippen molar-refractivity contribution in [2.24, 2.45) is 11.3 Å². The van der Waals surface area contributed by atoms with Gasteiger partial charge in [0.05, 0.1) is 11.4 Å². The average Bonchev–Trinajstić information content (AvgIpc) is 3.26. The van der Waals surface area contributed by atoms with E-state index in [1.54, 1.807) is 0 Å². The number of hydrogen-bond acceptors (Lipinski definition) is 3. The zero-order valence-corrected chi connectivity index (χ0v) is 13.3. The largest absolute Gasteiger partial charge is 0.368 e. The Balaban J connectivity index is 1.57. The van der Waals surface area contributed by atoms with Crippen molar-refractivity contribution in [3.05, 3.63) is 24.3 Å². The van der Waals surface area contributed by atoms with Crippen LogP contribution in [0.2, 0.25) is 0 Å². The molecule has 2 heterocycles. The topological polar surface area (TPSA) is 35.6 Å². The van der Waals surface area contributed by atoms with Crippen LogP contribution >= 0.6 is 0 Å². The van der Waals surface area contributed by atoms with Crippen LogP contribution in [0.3, 0.4) is 0 Å². The lowest BCUT2D eigenvalue weighted by Crippen LogP contribution is -2.45. The first kappa shape index (κ1) is 14.1. The molecule has 4 nitrogen and oxygen atoms in total. The Bertz CT molecular complexity index is 579. The molecule has 1 unspecified atom stereocenters. The zero-order valence-electron chi connectivity index (χ0n) is 13.3. The Morgan fingerprint density at radius 3 is 2.68 bits per heavy atom. The van der Waals surface area contributed by atoms with E-state index >= 15 is 0 Å². The van der Waals surface area contributed by atoms with E-state index in [9.17, 15) is 4.79 Å². The summed E-state index contributed by atoms with van der Waals surface area (Å²) in [7, 11) is 0. The number of amides is 1. The van der Waals surface area contributed by atoms with Crippen molar-refractivity contribution in [3.63, 3.8) is 0 Å². The Kier molecular flexibility index (Phi) is 3.37. The van der Waals surface area contributed by atoms with Crippen molar-refractivity contribution in [2.45, 2.75) is 26.2 Å². The van der Waals surface area contributed by atoms with E-state index in [1.807, 2.05) is 6.07 Å². The summed E-state index contributed by atoms with van der Waals surface area (Å²) >= 11 is 0. The summed E-state index contributed by atoms with van der Waals surface area (Å²) in [4.78, 5) is 17.5. The quantitative estimate of drug-likeness (QED) is 0.910. The molecule has 0 radical (unpaired) electrons. The molecule has 1 saturated carbocycles. The van der Waals surface area contributed by atoms with Crippen molar-refractivity contribution >= 4 is 17.3 Å². The van der Waals surface area contributed by atoms with Gasteiger partial charge in [0.2, 0.25) is 5.91 Å². The molecule has 3 aliphatic rings. The molecule has 1 saturated heterocycles. The highest BCUT2D eigenvalue weighted by Gasteiger charge is 2.58. The van der Waals surface area contributed by atoms with Gasteiger partial charge in [-0.25, -0.2) is 0 Å². The van der Waals surface area contributed by atoms with Crippen LogP contribution in [-0.4, -0.2) is 38.6 Å². The summed E-state index contributed by atoms with van der Waals surface area (Å²) < 4.78 is 0. The molecule has 1 aromatic rings. The number of anilines is 2. The SMILES string of the molecule is CCN1CCN(C(=O)C2CC23CCNCC3)c2ccccc21. The molecule has 0 aromatic heterocycles. The van der Waals surface area contributed by atoms with E-state index in [0.717, 1.165) is 44.8 Å². The van der Waals surface area contributed by atoms with E-state index in [-0.39, 0.29) is 5.92 Å². The predicted octanol–water partition coefficient (Wildman–Crippen LogP) is 2.25. The number of carbonyl (C=O) groups excluding carboxylic acids is 1. The first-order valence-corrected chi connectivity index (χ1v) is 8.61. The van der Waals surface area contributed by atoms with E-state index in [2.05, 4.69) is 40.2 Å². The fraction of sp³-hybridized carbons (Fsp3) is 0.611. The Morgan fingerprint density at radius 1 is 1.23 bits per heavy atom. The highest BCUT2D eigenvalue weighted by molar-refractivity contribution is 6.01. The van der Waals surface area contributed by atoms with Gasteiger partial charge in [-0.3, -0.25) is 4.79 Å². The van der Waals surface area contributed by atoms with Crippen molar-refractivity contribution in [3.8, 4) is 0 Å². The molecule has 2 aliphatic heterocycles. The lowest BCUT2D eigenvalue weighted by Gasteiger charge is -2.38. The van der Waals surface area contributed by atoms with E-state index in [4.69, 9.17) is 0 Å². The molecule has 22 heavy (non-hydrogen) atoms. The Hall–Kier alpha value is -1.55. The second kappa shape index (κ2) is 5.27. The monoisotopic (exact) mass is 299 g/mol. The van der Waals surface area contributed by atoms with Crippen molar-refractivity contribution in [2.75, 3.05) is 42.5 Å². The molecule has 2 fully saturated rings. The molecule has 1 atom stereocenters. The van der Waals surface area contributed by atoms with Gasteiger partial charge in [0.25, 0.3) is 0 Å². The maximum Gasteiger partial charge on any atom is 0.230 e.